The summed E-state index contributed by atoms with van der Waals surface area (Å²) in [6, 6.07) is 26.3. The Morgan fingerprint density at radius 2 is 0.972 bits per heavy atom. The minimum atomic E-state index is -0.357. The van der Waals surface area contributed by atoms with Crippen LogP contribution in [-0.4, -0.2) is 125 Å². The number of anilines is 4. The van der Waals surface area contributed by atoms with E-state index in [-0.39, 0.29) is 41.9 Å². The Balaban J connectivity index is 0.000000178. The average molecular weight is 1020 g/mol. The van der Waals surface area contributed by atoms with Gasteiger partial charge < -0.3 is 40.4 Å². The Bertz CT molecular complexity index is 3060. The van der Waals surface area contributed by atoms with Crippen molar-refractivity contribution in [2.45, 2.75) is 25.7 Å². The summed E-state index contributed by atoms with van der Waals surface area (Å²) in [5.41, 5.74) is 15.6. The number of aryl methyl sites for hydroxylation is 4. The third-order valence-corrected chi connectivity index (χ3v) is 14.2. The van der Waals surface area contributed by atoms with Gasteiger partial charge in [-0.1, -0.05) is 46.9 Å². The summed E-state index contributed by atoms with van der Waals surface area (Å²) in [7, 11) is 1.65. The van der Waals surface area contributed by atoms with Gasteiger partial charge in [0.25, 0.3) is 5.91 Å². The molecule has 16 nitrogen and oxygen atoms in total. The minimum absolute atomic E-state index is 0.111. The molecule has 1 amide bonds. The number of ether oxygens (including phenoxy) is 3. The summed E-state index contributed by atoms with van der Waals surface area (Å²) >= 11 is 3.02. The number of carbonyl (C=O) groups is 1. The summed E-state index contributed by atoms with van der Waals surface area (Å²) in [5.74, 6) is 3.04. The number of fused-ring (bicyclic) bond motifs is 2. The Hall–Kier alpha value is -7.36. The molecule has 0 spiro atoms. The molecule has 2 fully saturated rings. The van der Waals surface area contributed by atoms with E-state index in [0.29, 0.717) is 56.3 Å². The van der Waals surface area contributed by atoms with Gasteiger partial charge in [0, 0.05) is 71.7 Å². The maximum Gasteiger partial charge on any atom is 0.260 e. The number of nitrogen functional groups attached to an aromatic ring is 2. The first-order valence-electron chi connectivity index (χ1n) is 23.5. The first-order valence-corrected chi connectivity index (χ1v) is 25.1. The molecule has 8 aromatic rings. The zero-order valence-electron chi connectivity index (χ0n) is 39.6. The van der Waals surface area contributed by atoms with Gasteiger partial charge in [-0.25, -0.2) is 33.1 Å². The van der Waals surface area contributed by atoms with Crippen LogP contribution in [0.25, 0.3) is 20.7 Å². The number of thiazole rings is 2. The van der Waals surface area contributed by atoms with Gasteiger partial charge >= 0.3 is 0 Å². The van der Waals surface area contributed by atoms with Crippen LogP contribution in [0, 0.1) is 17.5 Å². The monoisotopic (exact) mass is 1020 g/mol. The number of halogens is 3. The molecule has 2 aliphatic rings. The Kier molecular flexibility index (Phi) is 16.0. The molecule has 10 rings (SSSR count). The van der Waals surface area contributed by atoms with E-state index in [2.05, 4.69) is 34.6 Å². The highest BCUT2D eigenvalue weighted by atomic mass is 32.1. The highest BCUT2D eigenvalue weighted by Crippen LogP contribution is 2.32. The van der Waals surface area contributed by atoms with Gasteiger partial charge in [-0.05, 0) is 96.8 Å². The highest BCUT2D eigenvalue weighted by molar-refractivity contribution is 7.18. The molecule has 0 atom stereocenters. The molecule has 4 aromatic carbocycles. The molecular weight excluding hydrogens is 966 g/mol. The quantitative estimate of drug-likeness (QED) is 0.0984. The lowest BCUT2D eigenvalue weighted by Gasteiger charge is -2.35. The number of methoxy groups -OCH3 is 1. The Morgan fingerprint density at radius 3 is 1.46 bits per heavy atom. The van der Waals surface area contributed by atoms with E-state index >= 15 is 0 Å². The average Bonchev–Trinajstić information content (AvgIpc) is 4.02. The second kappa shape index (κ2) is 23.2. The van der Waals surface area contributed by atoms with Gasteiger partial charge in [-0.3, -0.25) is 9.69 Å². The molecule has 6 heterocycles. The number of piperazine rings is 2. The zero-order chi connectivity index (χ0) is 50.0. The van der Waals surface area contributed by atoms with E-state index in [1.165, 1.54) is 59.9 Å². The lowest BCUT2D eigenvalue weighted by Crippen LogP contribution is -2.50. The summed E-state index contributed by atoms with van der Waals surface area (Å²) in [6.45, 7) is 6.96. The van der Waals surface area contributed by atoms with Crippen molar-refractivity contribution in [3.63, 3.8) is 0 Å². The fourth-order valence-corrected chi connectivity index (χ4v) is 10.2. The first kappa shape index (κ1) is 49.6. The van der Waals surface area contributed by atoms with Crippen molar-refractivity contribution in [2.24, 2.45) is 0 Å². The number of nitrogens with zero attached hydrogens (tertiary/aromatic N) is 10. The van der Waals surface area contributed by atoms with Gasteiger partial charge in [0.15, 0.2) is 27.9 Å². The summed E-state index contributed by atoms with van der Waals surface area (Å²) in [6.07, 6.45) is 2.98. The lowest BCUT2D eigenvalue weighted by molar-refractivity contribution is -0.133. The van der Waals surface area contributed by atoms with Crippen LogP contribution in [0.1, 0.15) is 21.1 Å². The van der Waals surface area contributed by atoms with Crippen molar-refractivity contribution in [3.05, 3.63) is 136 Å². The van der Waals surface area contributed by atoms with E-state index in [4.69, 9.17) is 35.6 Å². The van der Waals surface area contributed by atoms with E-state index in [1.54, 1.807) is 35.5 Å². The Labute approximate surface area is 422 Å². The number of aromatic nitrogens is 6. The van der Waals surface area contributed by atoms with Gasteiger partial charge in [0.2, 0.25) is 11.9 Å². The maximum absolute atomic E-state index is 13.2. The van der Waals surface area contributed by atoms with Gasteiger partial charge in [-0.15, -0.1) is 0 Å². The van der Waals surface area contributed by atoms with Crippen LogP contribution in [0.2, 0.25) is 0 Å². The number of rotatable bonds is 16. The van der Waals surface area contributed by atoms with E-state index in [0.717, 1.165) is 106 Å². The molecule has 2 aliphatic heterocycles. The summed E-state index contributed by atoms with van der Waals surface area (Å²) in [4.78, 5) is 50.0. The van der Waals surface area contributed by atoms with Crippen molar-refractivity contribution in [1.82, 2.24) is 39.7 Å². The molecule has 0 aliphatic carbocycles. The lowest BCUT2D eigenvalue weighted by atomic mass is 10.1. The fraction of sp³-hybridized carbons (Fsp3) is 0.314. The molecule has 4 N–H and O–H groups in total. The number of carbonyl (C=O) groups excluding carboxylic acids is 1. The summed E-state index contributed by atoms with van der Waals surface area (Å²) < 4.78 is 55.9. The molecule has 374 valence electrons. The second-order valence-electron chi connectivity index (χ2n) is 17.0. The molecular formula is C51H53F3N12O4S2. The SMILES string of the molecule is COc1ccc(OCCN2CCN(c3nc(N)nc4sc(CCc5ccc(F)cc5)nc34)CC2)cc1.Nc1nc(N2CCN(C(=O)COc3ccc(F)cc3)CC2)c2nc(CCc3ccc(F)cc3)sc2n1. The second-order valence-corrected chi connectivity index (χ2v) is 19.2. The maximum atomic E-state index is 13.2. The van der Waals surface area contributed by atoms with E-state index in [1.807, 2.05) is 36.4 Å². The van der Waals surface area contributed by atoms with Crippen LogP contribution in [0.3, 0.4) is 0 Å². The van der Waals surface area contributed by atoms with E-state index in [9.17, 15) is 18.0 Å². The van der Waals surface area contributed by atoms with Crippen LogP contribution >= 0.6 is 22.7 Å². The molecule has 0 radical (unpaired) electrons. The van der Waals surface area contributed by atoms with Crippen LogP contribution in [-0.2, 0) is 30.5 Å². The smallest absolute Gasteiger partial charge is 0.260 e. The molecule has 2 saturated heterocycles. The zero-order valence-corrected chi connectivity index (χ0v) is 41.2. The predicted molar refractivity (Wildman–Crippen MR) is 275 cm³/mol. The van der Waals surface area contributed by atoms with Crippen LogP contribution < -0.4 is 35.5 Å². The Morgan fingerprint density at radius 1 is 0.542 bits per heavy atom. The number of nitrogens with two attached hydrogens (primary N) is 2. The molecule has 4 aromatic heterocycles. The van der Waals surface area contributed by atoms with Crippen LogP contribution in [0.15, 0.2) is 97.1 Å². The molecule has 0 bridgehead atoms. The van der Waals surface area contributed by atoms with Gasteiger partial charge in [0.1, 0.15) is 52.3 Å². The third kappa shape index (κ3) is 12.9. The first-order chi connectivity index (χ1) is 35.0. The molecule has 0 unspecified atom stereocenters. The summed E-state index contributed by atoms with van der Waals surface area (Å²) in [5, 5.41) is 1.88. The molecule has 72 heavy (non-hydrogen) atoms. The van der Waals surface area contributed by atoms with Crippen molar-refractivity contribution in [1.29, 1.82) is 0 Å². The number of benzene rings is 4. The van der Waals surface area contributed by atoms with Crippen molar-refractivity contribution in [2.75, 3.05) is 100 Å². The minimum Gasteiger partial charge on any atom is -0.497 e. The van der Waals surface area contributed by atoms with Gasteiger partial charge in [0.05, 0.1) is 17.1 Å². The molecule has 21 heteroatoms. The van der Waals surface area contributed by atoms with E-state index < -0.39 is 0 Å². The molecule has 0 saturated carbocycles. The normalized spacial score (nSPS) is 14.1. The predicted octanol–water partition coefficient (Wildman–Crippen LogP) is 7.26. The largest absolute Gasteiger partial charge is 0.497 e. The fourth-order valence-electron chi connectivity index (χ4n) is 8.28. The van der Waals surface area contributed by atoms with Crippen molar-refractivity contribution < 1.29 is 32.2 Å². The standard InChI is InChI=1S/C26H29FN6O2S.C25H24F2N6O2S/c1-34-20-7-9-21(10-8-20)35-17-16-32-12-14-33(15-13-32)24-23-25(31-26(28)30-24)36-22(29-23)11-4-18-2-5-19(27)6-3-18;26-17-4-1-16(2-5-17)3-10-20-29-22-23(30-25(28)31-24(22)36-20)33-13-11-32(12-14-33)21(34)15-35-19-8-6-18(27)7-9-19/h2-3,5-10H,4,11-17H2,1H3,(H2,28,30,31);1-2,4-9H,3,10-15H2,(H2,28,30,31). The van der Waals surface area contributed by atoms with Crippen LogP contribution in [0.5, 0.6) is 17.2 Å². The highest BCUT2D eigenvalue weighted by Gasteiger charge is 2.26. The van der Waals surface area contributed by atoms with Gasteiger partial charge in [-0.2, -0.15) is 9.97 Å². The number of hydrogen-bond donors (Lipinski definition) is 2. The van der Waals surface area contributed by atoms with Crippen molar-refractivity contribution in [3.8, 4) is 17.2 Å². The van der Waals surface area contributed by atoms with Crippen LogP contribution in [0.4, 0.5) is 36.7 Å². The number of hydrogen-bond acceptors (Lipinski definition) is 17. The number of amides is 1. The van der Waals surface area contributed by atoms with Crippen molar-refractivity contribution >= 4 is 72.8 Å². The third-order valence-electron chi connectivity index (χ3n) is 12.2. The topological polar surface area (TPSA) is 187 Å².